The van der Waals surface area contributed by atoms with E-state index in [4.69, 9.17) is 32.7 Å². The molecule has 0 unspecified atom stereocenters. The smallest absolute Gasteiger partial charge is 0.422 e. The number of ether oxygens (including phenoxy) is 2. The van der Waals surface area contributed by atoms with Crippen LogP contribution in [0.1, 0.15) is 19.3 Å². The van der Waals surface area contributed by atoms with Crippen LogP contribution in [-0.2, 0) is 0 Å². The van der Waals surface area contributed by atoms with Gasteiger partial charge in [-0.2, -0.15) is 23.1 Å². The molecule has 0 saturated carbocycles. The van der Waals surface area contributed by atoms with Gasteiger partial charge in [0.1, 0.15) is 28.8 Å². The summed E-state index contributed by atoms with van der Waals surface area (Å²) in [4.78, 5) is 13.2. The second-order valence-corrected chi connectivity index (χ2v) is 8.03. The zero-order valence-electron chi connectivity index (χ0n) is 15.3. The molecule has 2 saturated heterocycles. The number of fused-ring (bicyclic) bond motifs is 2. The predicted octanol–water partition coefficient (Wildman–Crippen LogP) is 4.37. The Morgan fingerprint density at radius 3 is 2.63 bits per heavy atom. The largest absolute Gasteiger partial charge is 0.467 e. The molecule has 2 aliphatic heterocycles. The van der Waals surface area contributed by atoms with E-state index in [1.54, 1.807) is 0 Å². The van der Waals surface area contributed by atoms with Crippen LogP contribution < -0.4 is 9.47 Å². The quantitative estimate of drug-likeness (QED) is 0.475. The number of nitrogens with zero attached hydrogens (tertiary/aromatic N) is 4. The van der Waals surface area contributed by atoms with Crippen molar-refractivity contribution < 1.29 is 31.4 Å². The fourth-order valence-corrected chi connectivity index (χ4v) is 4.49. The molecule has 13 heteroatoms. The molecule has 4 heterocycles. The van der Waals surface area contributed by atoms with Crippen LogP contribution in [0.25, 0.3) is 10.9 Å². The third-order valence-electron chi connectivity index (χ3n) is 5.25. The Kier molecular flexibility index (Phi) is 5.56. The van der Waals surface area contributed by atoms with E-state index in [1.165, 1.54) is 0 Å². The minimum atomic E-state index is -4.67. The highest BCUT2D eigenvalue weighted by molar-refractivity contribution is 6.36. The number of aromatic nitrogens is 3. The fourth-order valence-electron chi connectivity index (χ4n) is 4.02. The van der Waals surface area contributed by atoms with Gasteiger partial charge in [-0.3, -0.25) is 4.90 Å². The minimum Gasteiger partial charge on any atom is -0.467 e. The van der Waals surface area contributed by atoms with Crippen LogP contribution in [0.15, 0.2) is 0 Å². The molecule has 0 radical (unpaired) electrons. The zero-order valence-corrected chi connectivity index (χ0v) is 16.8. The summed E-state index contributed by atoms with van der Waals surface area (Å²) in [5.74, 6) is -1.75. The molecule has 0 spiro atoms. The van der Waals surface area contributed by atoms with Crippen molar-refractivity contribution >= 4 is 34.1 Å². The van der Waals surface area contributed by atoms with Gasteiger partial charge in [-0.05, 0) is 19.4 Å². The maximum atomic E-state index is 14.5. The first-order valence-corrected chi connectivity index (χ1v) is 9.77. The average Bonchev–Trinajstić information content (AvgIpc) is 3.17. The highest BCUT2D eigenvalue weighted by Crippen LogP contribution is 2.41. The molecule has 164 valence electrons. The molecule has 4 rings (SSSR count). The minimum absolute atomic E-state index is 0.00813. The van der Waals surface area contributed by atoms with E-state index in [0.29, 0.717) is 13.0 Å². The topological polar surface area (TPSA) is 60.4 Å². The number of hydrogen-bond donors (Lipinski definition) is 0. The lowest BCUT2D eigenvalue weighted by atomic mass is 9.95. The van der Waals surface area contributed by atoms with Gasteiger partial charge in [0, 0.05) is 13.0 Å². The normalized spacial score (nSPS) is 24.4. The average molecular weight is 473 g/mol. The molecule has 2 aromatic heterocycles. The molecule has 0 amide bonds. The van der Waals surface area contributed by atoms with Crippen molar-refractivity contribution in [1.29, 1.82) is 0 Å². The standard InChI is InChI=1S/C17H15Cl2F5N4O2/c18-12-9-11(10(21)13(19)26-12)25-15(27-14(9)29-7-17(22,23)24)30-6-16-2-1-3-28(16)5-8(20)4-16/h8H,1-7H2/t8-,16+/m1/s1. The summed E-state index contributed by atoms with van der Waals surface area (Å²) in [5.41, 5.74) is -1.05. The molecule has 2 aromatic rings. The number of alkyl halides is 4. The van der Waals surface area contributed by atoms with E-state index in [9.17, 15) is 22.0 Å². The summed E-state index contributed by atoms with van der Waals surface area (Å²) in [6.07, 6.45) is -3.87. The highest BCUT2D eigenvalue weighted by atomic mass is 35.5. The van der Waals surface area contributed by atoms with Gasteiger partial charge in [0.2, 0.25) is 5.88 Å². The molecule has 30 heavy (non-hydrogen) atoms. The van der Waals surface area contributed by atoms with Crippen LogP contribution >= 0.6 is 23.2 Å². The van der Waals surface area contributed by atoms with Crippen LogP contribution in [0, 0.1) is 5.82 Å². The van der Waals surface area contributed by atoms with Crippen LogP contribution in [0.3, 0.4) is 0 Å². The SMILES string of the molecule is Fc1c(Cl)nc(Cl)c2c(OCC(F)(F)F)nc(OC[C@@]34CCCN3C[C@H](F)C4)nc12. The first-order chi connectivity index (χ1) is 14.1. The predicted molar refractivity (Wildman–Crippen MR) is 97.4 cm³/mol. The molecule has 0 aliphatic carbocycles. The van der Waals surface area contributed by atoms with E-state index in [2.05, 4.69) is 15.0 Å². The number of halogens is 7. The van der Waals surface area contributed by atoms with Gasteiger partial charge in [-0.1, -0.05) is 23.2 Å². The molecule has 0 aromatic carbocycles. The summed E-state index contributed by atoms with van der Waals surface area (Å²) >= 11 is 11.6. The van der Waals surface area contributed by atoms with E-state index >= 15 is 0 Å². The third kappa shape index (κ3) is 4.06. The Morgan fingerprint density at radius 2 is 1.90 bits per heavy atom. The van der Waals surface area contributed by atoms with Crippen LogP contribution in [0.5, 0.6) is 11.9 Å². The molecule has 2 atom stereocenters. The first-order valence-electron chi connectivity index (χ1n) is 9.02. The monoisotopic (exact) mass is 472 g/mol. The van der Waals surface area contributed by atoms with Gasteiger partial charge >= 0.3 is 12.2 Å². The van der Waals surface area contributed by atoms with Crippen LogP contribution in [-0.4, -0.2) is 64.0 Å². The molecule has 2 fully saturated rings. The Labute approximate surface area is 177 Å². The fraction of sp³-hybridized carbons (Fsp3) is 0.588. The van der Waals surface area contributed by atoms with Gasteiger partial charge in [0.05, 0.1) is 5.54 Å². The highest BCUT2D eigenvalue weighted by Gasteiger charge is 2.49. The third-order valence-corrected chi connectivity index (χ3v) is 5.77. The van der Waals surface area contributed by atoms with Crippen molar-refractivity contribution in [1.82, 2.24) is 19.9 Å². The molecule has 0 N–H and O–H groups in total. The lowest BCUT2D eigenvalue weighted by Gasteiger charge is -2.30. The van der Waals surface area contributed by atoms with E-state index in [1.807, 2.05) is 4.90 Å². The van der Waals surface area contributed by atoms with Crippen LogP contribution in [0.2, 0.25) is 10.3 Å². The Morgan fingerprint density at radius 1 is 1.13 bits per heavy atom. The molecule has 0 bridgehead atoms. The van der Waals surface area contributed by atoms with E-state index < -0.39 is 58.0 Å². The summed E-state index contributed by atoms with van der Waals surface area (Å²) < 4.78 is 76.6. The summed E-state index contributed by atoms with van der Waals surface area (Å²) in [6.45, 7) is -0.701. The number of pyridine rings is 1. The number of hydrogen-bond acceptors (Lipinski definition) is 6. The van der Waals surface area contributed by atoms with E-state index in [0.717, 1.165) is 6.42 Å². The van der Waals surface area contributed by atoms with Crippen LogP contribution in [0.4, 0.5) is 22.0 Å². The van der Waals surface area contributed by atoms with Gasteiger partial charge in [-0.15, -0.1) is 0 Å². The van der Waals surface area contributed by atoms with E-state index in [-0.39, 0.29) is 25.0 Å². The first kappa shape index (κ1) is 21.5. The zero-order chi connectivity index (χ0) is 21.7. The summed E-state index contributed by atoms with van der Waals surface area (Å²) in [5, 5.41) is -1.40. The maximum Gasteiger partial charge on any atom is 0.422 e. The van der Waals surface area contributed by atoms with Gasteiger partial charge in [0.25, 0.3) is 0 Å². The van der Waals surface area contributed by atoms with Gasteiger partial charge in [0.15, 0.2) is 17.6 Å². The van der Waals surface area contributed by atoms with Crippen molar-refractivity contribution in [3.63, 3.8) is 0 Å². The van der Waals surface area contributed by atoms with Crippen molar-refractivity contribution in [2.45, 2.75) is 37.1 Å². The molecule has 6 nitrogen and oxygen atoms in total. The lowest BCUT2D eigenvalue weighted by molar-refractivity contribution is -0.153. The van der Waals surface area contributed by atoms with Crippen molar-refractivity contribution in [2.75, 3.05) is 26.3 Å². The molecular formula is C17H15Cl2F5N4O2. The Balaban J connectivity index is 1.68. The Bertz CT molecular complexity index is 980. The van der Waals surface area contributed by atoms with Crippen molar-refractivity contribution in [3.05, 3.63) is 16.1 Å². The van der Waals surface area contributed by atoms with Gasteiger partial charge < -0.3 is 9.47 Å². The second kappa shape index (κ2) is 7.76. The number of rotatable bonds is 5. The van der Waals surface area contributed by atoms with Crippen molar-refractivity contribution in [3.8, 4) is 11.9 Å². The van der Waals surface area contributed by atoms with Crippen molar-refractivity contribution in [2.24, 2.45) is 0 Å². The lowest BCUT2D eigenvalue weighted by Crippen LogP contribution is -2.43. The van der Waals surface area contributed by atoms with Gasteiger partial charge in [-0.25, -0.2) is 13.8 Å². The maximum absolute atomic E-state index is 14.5. The second-order valence-electron chi connectivity index (χ2n) is 7.31. The molecular weight excluding hydrogens is 458 g/mol. The summed E-state index contributed by atoms with van der Waals surface area (Å²) in [6, 6.07) is -0.430. The Hall–Kier alpha value is -1.72. The summed E-state index contributed by atoms with van der Waals surface area (Å²) in [7, 11) is 0. The molecule has 2 aliphatic rings.